The predicted molar refractivity (Wildman–Crippen MR) is 81.9 cm³/mol. The molecule has 1 N–H and O–H groups in total. The van der Waals surface area contributed by atoms with E-state index < -0.39 is 5.97 Å². The lowest BCUT2D eigenvalue weighted by molar-refractivity contribution is -0.135. The number of hydrogen-bond donors (Lipinski definition) is 1. The Kier molecular flexibility index (Phi) is 4.27. The van der Waals surface area contributed by atoms with Crippen molar-refractivity contribution in [2.45, 2.75) is 25.7 Å². The standard InChI is InChI=1S/C16H21N3O3/c20-15(19-7-1-2-8-19)12-5-9-18(10-6-12)14-4-3-13(11-17-14)16(21)22/h3-4,11-12H,1-2,5-10H2,(H,21,22). The van der Waals surface area contributed by atoms with E-state index in [-0.39, 0.29) is 11.5 Å². The van der Waals surface area contributed by atoms with Gasteiger partial charge < -0.3 is 14.9 Å². The van der Waals surface area contributed by atoms with E-state index in [0.29, 0.717) is 5.91 Å². The number of carboxylic acids is 1. The second kappa shape index (κ2) is 6.34. The molecule has 0 bridgehead atoms. The number of rotatable bonds is 3. The molecule has 2 aliphatic heterocycles. The molecule has 0 saturated carbocycles. The van der Waals surface area contributed by atoms with E-state index in [1.54, 1.807) is 12.1 Å². The third kappa shape index (κ3) is 3.05. The van der Waals surface area contributed by atoms with Crippen molar-refractivity contribution in [3.63, 3.8) is 0 Å². The highest BCUT2D eigenvalue weighted by atomic mass is 16.4. The van der Waals surface area contributed by atoms with Gasteiger partial charge in [-0.05, 0) is 37.8 Å². The monoisotopic (exact) mass is 303 g/mol. The van der Waals surface area contributed by atoms with Crippen molar-refractivity contribution in [2.75, 3.05) is 31.1 Å². The highest BCUT2D eigenvalue weighted by molar-refractivity contribution is 5.87. The first kappa shape index (κ1) is 14.8. The van der Waals surface area contributed by atoms with Gasteiger partial charge in [0.1, 0.15) is 5.82 Å². The van der Waals surface area contributed by atoms with Crippen LogP contribution in [0.5, 0.6) is 0 Å². The van der Waals surface area contributed by atoms with Gasteiger partial charge in [-0.15, -0.1) is 0 Å². The zero-order chi connectivity index (χ0) is 15.5. The van der Waals surface area contributed by atoms with Crippen LogP contribution in [0.25, 0.3) is 0 Å². The van der Waals surface area contributed by atoms with Gasteiger partial charge in [0, 0.05) is 38.3 Å². The average Bonchev–Trinajstić information content (AvgIpc) is 3.09. The van der Waals surface area contributed by atoms with Gasteiger partial charge in [-0.25, -0.2) is 9.78 Å². The Morgan fingerprint density at radius 2 is 1.77 bits per heavy atom. The molecule has 0 aromatic carbocycles. The molecule has 0 spiro atoms. The second-order valence-electron chi connectivity index (χ2n) is 6.00. The van der Waals surface area contributed by atoms with Crippen LogP contribution >= 0.6 is 0 Å². The molecular weight excluding hydrogens is 282 g/mol. The van der Waals surface area contributed by atoms with Gasteiger partial charge in [0.05, 0.1) is 5.56 Å². The number of amides is 1. The molecule has 2 aliphatic rings. The second-order valence-corrected chi connectivity index (χ2v) is 6.00. The third-order valence-electron chi connectivity index (χ3n) is 4.58. The quantitative estimate of drug-likeness (QED) is 0.918. The number of carbonyl (C=O) groups is 2. The van der Waals surface area contributed by atoms with Crippen LogP contribution in [-0.2, 0) is 4.79 Å². The molecular formula is C16H21N3O3. The van der Waals surface area contributed by atoms with Gasteiger partial charge in [0.15, 0.2) is 0 Å². The van der Waals surface area contributed by atoms with E-state index in [1.807, 2.05) is 4.90 Å². The highest BCUT2D eigenvalue weighted by Crippen LogP contribution is 2.24. The maximum Gasteiger partial charge on any atom is 0.337 e. The molecule has 3 heterocycles. The number of carbonyl (C=O) groups excluding carboxylic acids is 1. The van der Waals surface area contributed by atoms with Crippen LogP contribution in [0.2, 0.25) is 0 Å². The molecule has 0 aliphatic carbocycles. The zero-order valence-corrected chi connectivity index (χ0v) is 12.6. The fraction of sp³-hybridized carbons (Fsp3) is 0.562. The summed E-state index contributed by atoms with van der Waals surface area (Å²) in [4.78, 5) is 31.6. The lowest BCUT2D eigenvalue weighted by atomic mass is 9.95. The van der Waals surface area contributed by atoms with Crippen molar-refractivity contribution >= 4 is 17.7 Å². The van der Waals surface area contributed by atoms with Gasteiger partial charge in [0.25, 0.3) is 0 Å². The Morgan fingerprint density at radius 1 is 1.09 bits per heavy atom. The molecule has 2 fully saturated rings. The van der Waals surface area contributed by atoms with Crippen molar-refractivity contribution in [2.24, 2.45) is 5.92 Å². The largest absolute Gasteiger partial charge is 0.478 e. The number of likely N-dealkylation sites (tertiary alicyclic amines) is 1. The molecule has 6 heteroatoms. The predicted octanol–water partition coefficient (Wildman–Crippen LogP) is 1.62. The fourth-order valence-electron chi connectivity index (χ4n) is 3.25. The number of piperidine rings is 1. The van der Waals surface area contributed by atoms with Gasteiger partial charge in [-0.3, -0.25) is 4.79 Å². The van der Waals surface area contributed by atoms with E-state index in [9.17, 15) is 9.59 Å². The van der Waals surface area contributed by atoms with Crippen molar-refractivity contribution < 1.29 is 14.7 Å². The fourth-order valence-corrected chi connectivity index (χ4v) is 3.25. The smallest absolute Gasteiger partial charge is 0.337 e. The minimum atomic E-state index is -0.964. The summed E-state index contributed by atoms with van der Waals surface area (Å²) in [6, 6.07) is 3.32. The van der Waals surface area contributed by atoms with Crippen molar-refractivity contribution in [1.82, 2.24) is 9.88 Å². The summed E-state index contributed by atoms with van der Waals surface area (Å²) in [5.41, 5.74) is 0.197. The summed E-state index contributed by atoms with van der Waals surface area (Å²) in [6.45, 7) is 3.42. The Labute approximate surface area is 129 Å². The summed E-state index contributed by atoms with van der Waals surface area (Å²) in [7, 11) is 0. The van der Waals surface area contributed by atoms with Crippen molar-refractivity contribution in [3.05, 3.63) is 23.9 Å². The van der Waals surface area contributed by atoms with E-state index in [2.05, 4.69) is 9.88 Å². The van der Waals surface area contributed by atoms with Crippen LogP contribution in [0, 0.1) is 5.92 Å². The van der Waals surface area contributed by atoms with E-state index in [4.69, 9.17) is 5.11 Å². The Hall–Kier alpha value is -2.11. The average molecular weight is 303 g/mol. The van der Waals surface area contributed by atoms with E-state index >= 15 is 0 Å². The van der Waals surface area contributed by atoms with Crippen molar-refractivity contribution in [1.29, 1.82) is 0 Å². The van der Waals surface area contributed by atoms with Crippen LogP contribution < -0.4 is 4.90 Å². The molecule has 1 aromatic heterocycles. The number of hydrogen-bond acceptors (Lipinski definition) is 4. The SMILES string of the molecule is O=C(O)c1ccc(N2CCC(C(=O)N3CCCC3)CC2)nc1. The normalized spacial score (nSPS) is 19.5. The minimum Gasteiger partial charge on any atom is -0.478 e. The van der Waals surface area contributed by atoms with Crippen LogP contribution in [-0.4, -0.2) is 53.0 Å². The van der Waals surface area contributed by atoms with E-state index in [0.717, 1.165) is 57.7 Å². The minimum absolute atomic E-state index is 0.132. The Bertz CT molecular complexity index is 544. The third-order valence-corrected chi connectivity index (χ3v) is 4.58. The first-order valence-electron chi connectivity index (χ1n) is 7.88. The maximum absolute atomic E-state index is 12.4. The lowest BCUT2D eigenvalue weighted by Gasteiger charge is -2.33. The summed E-state index contributed by atoms with van der Waals surface area (Å²) >= 11 is 0. The first-order valence-corrected chi connectivity index (χ1v) is 7.88. The number of nitrogens with zero attached hydrogens (tertiary/aromatic N) is 3. The molecule has 3 rings (SSSR count). The topological polar surface area (TPSA) is 73.7 Å². The van der Waals surface area contributed by atoms with Crippen molar-refractivity contribution in [3.8, 4) is 0 Å². The molecule has 0 unspecified atom stereocenters. The first-order chi connectivity index (χ1) is 10.6. The summed E-state index contributed by atoms with van der Waals surface area (Å²) in [5, 5.41) is 8.89. The van der Waals surface area contributed by atoms with Crippen LogP contribution in [0.3, 0.4) is 0 Å². The molecule has 1 aromatic rings. The molecule has 118 valence electrons. The summed E-state index contributed by atoms with van der Waals surface area (Å²) in [5.74, 6) is 0.269. The molecule has 1 amide bonds. The van der Waals surface area contributed by atoms with Gasteiger partial charge in [-0.1, -0.05) is 0 Å². The van der Waals surface area contributed by atoms with Gasteiger partial charge >= 0.3 is 5.97 Å². The van der Waals surface area contributed by atoms with Crippen LogP contribution in [0.15, 0.2) is 18.3 Å². The molecule has 2 saturated heterocycles. The number of aromatic carboxylic acids is 1. The number of anilines is 1. The van der Waals surface area contributed by atoms with Gasteiger partial charge in [-0.2, -0.15) is 0 Å². The number of carboxylic acid groups (broad SMARTS) is 1. The Morgan fingerprint density at radius 3 is 2.32 bits per heavy atom. The molecule has 22 heavy (non-hydrogen) atoms. The zero-order valence-electron chi connectivity index (χ0n) is 12.6. The maximum atomic E-state index is 12.4. The lowest BCUT2D eigenvalue weighted by Crippen LogP contribution is -2.41. The van der Waals surface area contributed by atoms with Gasteiger partial charge in [0.2, 0.25) is 5.91 Å². The molecule has 0 radical (unpaired) electrons. The number of aromatic nitrogens is 1. The molecule has 0 atom stereocenters. The summed E-state index contributed by atoms with van der Waals surface area (Å²) < 4.78 is 0. The van der Waals surface area contributed by atoms with Crippen LogP contribution in [0.4, 0.5) is 5.82 Å². The van der Waals surface area contributed by atoms with E-state index in [1.165, 1.54) is 6.20 Å². The summed E-state index contributed by atoms with van der Waals surface area (Å²) in [6.07, 6.45) is 5.34. The Balaban J connectivity index is 1.57. The van der Waals surface area contributed by atoms with Crippen LogP contribution in [0.1, 0.15) is 36.0 Å². The molecule has 6 nitrogen and oxygen atoms in total. The highest BCUT2D eigenvalue weighted by Gasteiger charge is 2.30. The number of pyridine rings is 1.